The van der Waals surface area contributed by atoms with Crippen molar-refractivity contribution in [1.82, 2.24) is 4.90 Å². The molecule has 7 heteroatoms. The molecule has 2 aromatic carbocycles. The first-order valence-corrected chi connectivity index (χ1v) is 8.98. The second kappa shape index (κ2) is 9.64. The highest BCUT2D eigenvalue weighted by Gasteiger charge is 2.13. The maximum absolute atomic E-state index is 13.8. The molecule has 1 N–H and O–H groups in total. The second-order valence-electron chi connectivity index (χ2n) is 6.09. The molecule has 0 fully saturated rings. The van der Waals surface area contributed by atoms with Gasteiger partial charge in [0, 0.05) is 30.4 Å². The lowest BCUT2D eigenvalue weighted by atomic mass is 10.1. The molecule has 2 rings (SSSR count). The fraction of sp³-hybridized carbons (Fsp3) is 0.286. The van der Waals surface area contributed by atoms with Gasteiger partial charge in [0.05, 0.1) is 5.56 Å². The van der Waals surface area contributed by atoms with Gasteiger partial charge in [-0.15, -0.1) is 0 Å². The molecule has 6 nitrogen and oxygen atoms in total. The first kappa shape index (κ1) is 21.1. The van der Waals surface area contributed by atoms with Crippen LogP contribution in [0.1, 0.15) is 41.5 Å². The van der Waals surface area contributed by atoms with Crippen LogP contribution in [0.3, 0.4) is 0 Å². The molecule has 0 aliphatic heterocycles. The van der Waals surface area contributed by atoms with Crippen molar-refractivity contribution < 1.29 is 23.5 Å². The van der Waals surface area contributed by atoms with Crippen LogP contribution in [-0.4, -0.2) is 42.2 Å². The van der Waals surface area contributed by atoms with Crippen molar-refractivity contribution in [1.29, 1.82) is 0 Å². The van der Waals surface area contributed by atoms with Gasteiger partial charge in [-0.2, -0.15) is 0 Å². The molecule has 0 unspecified atom stereocenters. The quantitative estimate of drug-likeness (QED) is 0.704. The summed E-state index contributed by atoms with van der Waals surface area (Å²) < 4.78 is 19.0. The maximum atomic E-state index is 13.8. The van der Waals surface area contributed by atoms with Crippen molar-refractivity contribution in [3.8, 4) is 5.75 Å². The number of nitrogens with one attached hydrogen (secondary N) is 1. The van der Waals surface area contributed by atoms with Crippen molar-refractivity contribution in [2.45, 2.75) is 20.8 Å². The van der Waals surface area contributed by atoms with Gasteiger partial charge in [-0.05, 0) is 57.2 Å². The van der Waals surface area contributed by atoms with E-state index in [0.29, 0.717) is 24.3 Å². The Bertz CT molecular complexity index is 861. The second-order valence-corrected chi connectivity index (χ2v) is 6.09. The summed E-state index contributed by atoms with van der Waals surface area (Å²) in [6.07, 6.45) is 0. The number of hydrogen-bond acceptors (Lipinski definition) is 4. The van der Waals surface area contributed by atoms with E-state index in [9.17, 15) is 18.8 Å². The Balaban J connectivity index is 1.92. The van der Waals surface area contributed by atoms with Gasteiger partial charge >= 0.3 is 0 Å². The van der Waals surface area contributed by atoms with Crippen LogP contribution in [0.2, 0.25) is 0 Å². The van der Waals surface area contributed by atoms with Gasteiger partial charge in [-0.1, -0.05) is 0 Å². The number of halogens is 1. The van der Waals surface area contributed by atoms with Crippen molar-refractivity contribution in [3.63, 3.8) is 0 Å². The largest absolute Gasteiger partial charge is 0.484 e. The number of Topliss-reactive ketones (excluding diaryl/α,β-unsaturated/α-hetero) is 1. The lowest BCUT2D eigenvalue weighted by Gasteiger charge is -2.18. The van der Waals surface area contributed by atoms with Gasteiger partial charge in [0.15, 0.2) is 12.4 Å². The van der Waals surface area contributed by atoms with Crippen LogP contribution < -0.4 is 10.1 Å². The summed E-state index contributed by atoms with van der Waals surface area (Å²) in [7, 11) is 0. The van der Waals surface area contributed by atoms with Crippen molar-refractivity contribution in [3.05, 3.63) is 59.4 Å². The number of ketones is 1. The Labute approximate surface area is 163 Å². The van der Waals surface area contributed by atoms with E-state index < -0.39 is 11.7 Å². The van der Waals surface area contributed by atoms with Gasteiger partial charge < -0.3 is 15.0 Å². The maximum Gasteiger partial charge on any atom is 0.262 e. The highest BCUT2D eigenvalue weighted by molar-refractivity contribution is 5.96. The number of carbonyl (C=O) groups excluding carboxylic acids is 3. The van der Waals surface area contributed by atoms with Crippen molar-refractivity contribution in [2.24, 2.45) is 0 Å². The number of hydrogen-bond donors (Lipinski definition) is 1. The number of rotatable bonds is 8. The normalized spacial score (nSPS) is 10.3. The van der Waals surface area contributed by atoms with Crippen LogP contribution in [0, 0.1) is 5.82 Å². The van der Waals surface area contributed by atoms with Crippen LogP contribution >= 0.6 is 0 Å². The lowest BCUT2D eigenvalue weighted by molar-refractivity contribution is -0.118. The summed E-state index contributed by atoms with van der Waals surface area (Å²) in [6.45, 7) is 6.02. The van der Waals surface area contributed by atoms with E-state index in [4.69, 9.17) is 4.74 Å². The monoisotopic (exact) mass is 386 g/mol. The first-order valence-electron chi connectivity index (χ1n) is 8.98. The van der Waals surface area contributed by atoms with Gasteiger partial charge in [0.2, 0.25) is 0 Å². The number of carbonyl (C=O) groups is 3. The lowest BCUT2D eigenvalue weighted by Crippen LogP contribution is -2.30. The molecule has 0 heterocycles. The van der Waals surface area contributed by atoms with Crippen LogP contribution in [0.15, 0.2) is 42.5 Å². The summed E-state index contributed by atoms with van der Waals surface area (Å²) in [5.74, 6) is -1.43. The van der Waals surface area contributed by atoms with Gasteiger partial charge in [0.1, 0.15) is 11.6 Å². The smallest absolute Gasteiger partial charge is 0.262 e. The average Bonchev–Trinajstić information content (AvgIpc) is 2.67. The molecule has 28 heavy (non-hydrogen) atoms. The van der Waals surface area contributed by atoms with Crippen LogP contribution in [0.25, 0.3) is 0 Å². The Hall–Kier alpha value is -3.22. The van der Waals surface area contributed by atoms with Crippen molar-refractivity contribution in [2.75, 3.05) is 25.0 Å². The topological polar surface area (TPSA) is 75.7 Å². The summed E-state index contributed by atoms with van der Waals surface area (Å²) in [6, 6.07) is 10.4. The number of benzene rings is 2. The van der Waals surface area contributed by atoms with Gasteiger partial charge in [-0.3, -0.25) is 14.4 Å². The van der Waals surface area contributed by atoms with E-state index in [0.717, 1.165) is 6.07 Å². The van der Waals surface area contributed by atoms with E-state index in [1.165, 1.54) is 19.1 Å². The molecule has 0 saturated heterocycles. The number of amides is 2. The Morgan fingerprint density at radius 3 is 2.21 bits per heavy atom. The van der Waals surface area contributed by atoms with Crippen LogP contribution in [0.5, 0.6) is 5.75 Å². The van der Waals surface area contributed by atoms with Crippen molar-refractivity contribution >= 4 is 23.3 Å². The zero-order valence-corrected chi connectivity index (χ0v) is 16.1. The molecule has 0 radical (unpaired) electrons. The zero-order chi connectivity index (χ0) is 20.7. The summed E-state index contributed by atoms with van der Waals surface area (Å²) in [5.41, 5.74) is 1.03. The molecule has 0 aromatic heterocycles. The third-order valence-corrected chi connectivity index (χ3v) is 4.16. The van der Waals surface area contributed by atoms with E-state index in [1.807, 2.05) is 13.8 Å². The highest BCUT2D eigenvalue weighted by atomic mass is 19.1. The third-order valence-electron chi connectivity index (χ3n) is 4.16. The summed E-state index contributed by atoms with van der Waals surface area (Å²) in [5, 5.41) is 2.64. The highest BCUT2D eigenvalue weighted by Crippen LogP contribution is 2.17. The molecular weight excluding hydrogens is 363 g/mol. The fourth-order valence-electron chi connectivity index (χ4n) is 2.61. The van der Waals surface area contributed by atoms with Gasteiger partial charge in [0.25, 0.3) is 11.8 Å². The SMILES string of the molecule is CCN(CC)C(=O)c1ccc(NC(=O)COc2ccc(C(C)=O)c(F)c2)cc1. The summed E-state index contributed by atoms with van der Waals surface area (Å²) >= 11 is 0. The Kier molecular flexibility index (Phi) is 7.26. The Morgan fingerprint density at radius 1 is 1.04 bits per heavy atom. The standard InChI is InChI=1S/C21H23FN2O4/c1-4-24(5-2)21(27)15-6-8-16(9-7-15)23-20(26)13-28-17-10-11-18(14(3)25)19(22)12-17/h6-12H,4-5,13H2,1-3H3,(H,23,26). The first-order chi connectivity index (χ1) is 13.3. The van der Waals surface area contributed by atoms with E-state index in [2.05, 4.69) is 5.32 Å². The zero-order valence-electron chi connectivity index (χ0n) is 16.1. The minimum Gasteiger partial charge on any atom is -0.484 e. The molecule has 2 amide bonds. The molecule has 0 bridgehead atoms. The van der Waals surface area contributed by atoms with Gasteiger partial charge in [-0.25, -0.2) is 4.39 Å². The predicted molar refractivity (Wildman–Crippen MR) is 104 cm³/mol. The predicted octanol–water partition coefficient (Wildman–Crippen LogP) is 3.53. The third kappa shape index (κ3) is 5.39. The minimum atomic E-state index is -0.695. The average molecular weight is 386 g/mol. The van der Waals surface area contributed by atoms with E-state index in [-0.39, 0.29) is 29.6 Å². The molecule has 0 saturated carbocycles. The molecule has 148 valence electrons. The molecule has 2 aromatic rings. The number of ether oxygens (including phenoxy) is 1. The molecule has 0 spiro atoms. The molecule has 0 aliphatic rings. The number of anilines is 1. The van der Waals surface area contributed by atoms with E-state index >= 15 is 0 Å². The Morgan fingerprint density at radius 2 is 1.68 bits per heavy atom. The summed E-state index contributed by atoms with van der Waals surface area (Å²) in [4.78, 5) is 37.2. The number of nitrogens with zero attached hydrogens (tertiary/aromatic N) is 1. The fourth-order valence-corrected chi connectivity index (χ4v) is 2.61. The molecule has 0 aliphatic carbocycles. The molecule has 0 atom stereocenters. The van der Waals surface area contributed by atoms with E-state index in [1.54, 1.807) is 29.2 Å². The minimum absolute atomic E-state index is 0.0313. The van der Waals surface area contributed by atoms with Crippen LogP contribution in [-0.2, 0) is 4.79 Å². The van der Waals surface area contributed by atoms with Crippen LogP contribution in [0.4, 0.5) is 10.1 Å². The molecular formula is C21H23FN2O4.